The molecule has 1 unspecified atom stereocenters. The standard InChI is InChI=1S/C16H16O3/c17-11-16(10-13-6-8-15(18)9-7-13)19-12-14-4-2-1-3-5-14/h1-9,11,16,18H,10,12H2. The van der Waals surface area contributed by atoms with Crippen molar-refractivity contribution in [3.63, 3.8) is 0 Å². The summed E-state index contributed by atoms with van der Waals surface area (Å²) in [5.74, 6) is 0.219. The van der Waals surface area contributed by atoms with Crippen molar-refractivity contribution in [2.45, 2.75) is 19.1 Å². The normalized spacial score (nSPS) is 12.0. The monoisotopic (exact) mass is 256 g/mol. The molecule has 1 atom stereocenters. The zero-order valence-corrected chi connectivity index (χ0v) is 10.5. The third-order valence-corrected chi connectivity index (χ3v) is 2.83. The van der Waals surface area contributed by atoms with Crippen LogP contribution in [0.2, 0.25) is 0 Å². The van der Waals surface area contributed by atoms with Crippen LogP contribution in [0.4, 0.5) is 0 Å². The molecule has 3 heteroatoms. The zero-order valence-electron chi connectivity index (χ0n) is 10.5. The molecule has 0 bridgehead atoms. The molecule has 1 N–H and O–H groups in total. The van der Waals surface area contributed by atoms with E-state index in [1.54, 1.807) is 24.3 Å². The van der Waals surface area contributed by atoms with Crippen molar-refractivity contribution >= 4 is 6.29 Å². The summed E-state index contributed by atoms with van der Waals surface area (Å²) in [6, 6.07) is 16.5. The second-order valence-corrected chi connectivity index (χ2v) is 4.34. The molecule has 0 saturated heterocycles. The van der Waals surface area contributed by atoms with Crippen molar-refractivity contribution in [1.82, 2.24) is 0 Å². The van der Waals surface area contributed by atoms with Crippen molar-refractivity contribution in [3.05, 3.63) is 65.7 Å². The van der Waals surface area contributed by atoms with E-state index < -0.39 is 6.10 Å². The molecule has 0 fully saturated rings. The molecule has 0 amide bonds. The maximum Gasteiger partial charge on any atom is 0.149 e. The summed E-state index contributed by atoms with van der Waals surface area (Å²) in [4.78, 5) is 11.0. The van der Waals surface area contributed by atoms with Gasteiger partial charge in [-0.05, 0) is 23.3 Å². The average Bonchev–Trinajstić information content (AvgIpc) is 2.46. The molecule has 0 heterocycles. The first-order valence-corrected chi connectivity index (χ1v) is 6.16. The Morgan fingerprint density at radius 2 is 1.68 bits per heavy atom. The summed E-state index contributed by atoms with van der Waals surface area (Å²) in [5.41, 5.74) is 2.00. The second-order valence-electron chi connectivity index (χ2n) is 4.34. The SMILES string of the molecule is O=CC(Cc1ccc(O)cc1)OCc1ccccc1. The van der Waals surface area contributed by atoms with E-state index in [-0.39, 0.29) is 5.75 Å². The van der Waals surface area contributed by atoms with Gasteiger partial charge in [-0.3, -0.25) is 0 Å². The van der Waals surface area contributed by atoms with Crippen LogP contribution in [-0.2, 0) is 22.6 Å². The molecule has 0 aliphatic heterocycles. The van der Waals surface area contributed by atoms with Crippen molar-refractivity contribution in [2.24, 2.45) is 0 Å². The first-order chi connectivity index (χ1) is 9.28. The van der Waals surface area contributed by atoms with E-state index in [0.29, 0.717) is 13.0 Å². The van der Waals surface area contributed by atoms with Gasteiger partial charge < -0.3 is 14.6 Å². The molecule has 0 aliphatic carbocycles. The number of aldehydes is 1. The van der Waals surface area contributed by atoms with Gasteiger partial charge in [0.15, 0.2) is 0 Å². The quantitative estimate of drug-likeness (QED) is 0.808. The molecule has 3 nitrogen and oxygen atoms in total. The molecule has 2 rings (SSSR count). The number of hydrogen-bond donors (Lipinski definition) is 1. The highest BCUT2D eigenvalue weighted by Gasteiger charge is 2.09. The topological polar surface area (TPSA) is 46.5 Å². The molecular formula is C16H16O3. The summed E-state index contributed by atoms with van der Waals surface area (Å²) < 4.78 is 5.58. The van der Waals surface area contributed by atoms with Gasteiger partial charge in [-0.25, -0.2) is 0 Å². The van der Waals surface area contributed by atoms with Crippen molar-refractivity contribution in [3.8, 4) is 5.75 Å². The van der Waals surface area contributed by atoms with E-state index in [9.17, 15) is 9.90 Å². The Kier molecular flexibility index (Phi) is 4.70. The lowest BCUT2D eigenvalue weighted by molar-refractivity contribution is -0.118. The Bertz CT molecular complexity index is 505. The third kappa shape index (κ3) is 4.23. The largest absolute Gasteiger partial charge is 0.508 e. The van der Waals surface area contributed by atoms with E-state index in [2.05, 4.69) is 0 Å². The smallest absolute Gasteiger partial charge is 0.149 e. The number of aromatic hydroxyl groups is 1. The Balaban J connectivity index is 1.90. The molecule has 0 aromatic heterocycles. The molecule has 0 aliphatic rings. The van der Waals surface area contributed by atoms with Gasteiger partial charge in [0.25, 0.3) is 0 Å². The van der Waals surface area contributed by atoms with Gasteiger partial charge in [-0.2, -0.15) is 0 Å². The second kappa shape index (κ2) is 6.71. The summed E-state index contributed by atoms with van der Waals surface area (Å²) in [6.45, 7) is 0.419. The van der Waals surface area contributed by atoms with Crippen LogP contribution in [-0.4, -0.2) is 17.5 Å². The first kappa shape index (κ1) is 13.3. The van der Waals surface area contributed by atoms with Crippen LogP contribution in [0.3, 0.4) is 0 Å². The predicted molar refractivity (Wildman–Crippen MR) is 72.9 cm³/mol. The Hall–Kier alpha value is -2.13. The average molecular weight is 256 g/mol. The van der Waals surface area contributed by atoms with Gasteiger partial charge in [0.1, 0.15) is 18.1 Å². The van der Waals surface area contributed by atoms with E-state index in [1.807, 2.05) is 30.3 Å². The number of rotatable bonds is 6. The highest BCUT2D eigenvalue weighted by molar-refractivity contribution is 5.57. The minimum atomic E-state index is -0.468. The van der Waals surface area contributed by atoms with Gasteiger partial charge in [0.2, 0.25) is 0 Å². The molecule has 2 aromatic rings. The van der Waals surface area contributed by atoms with Gasteiger partial charge >= 0.3 is 0 Å². The van der Waals surface area contributed by atoms with Crippen LogP contribution in [0.15, 0.2) is 54.6 Å². The van der Waals surface area contributed by atoms with Crippen LogP contribution in [0.25, 0.3) is 0 Å². The first-order valence-electron chi connectivity index (χ1n) is 6.16. The lowest BCUT2D eigenvalue weighted by Crippen LogP contribution is -2.17. The lowest BCUT2D eigenvalue weighted by Gasteiger charge is -2.12. The predicted octanol–water partition coefficient (Wildman–Crippen LogP) is 2.72. The number of phenols is 1. The molecule has 98 valence electrons. The highest BCUT2D eigenvalue weighted by Crippen LogP contribution is 2.12. The number of phenolic OH excluding ortho intramolecular Hbond substituents is 1. The Labute approximate surface area is 112 Å². The number of ether oxygens (including phenoxy) is 1. The minimum absolute atomic E-state index is 0.219. The van der Waals surface area contributed by atoms with E-state index in [0.717, 1.165) is 17.4 Å². The maximum absolute atomic E-state index is 11.0. The summed E-state index contributed by atoms with van der Waals surface area (Å²) >= 11 is 0. The number of benzene rings is 2. The zero-order chi connectivity index (χ0) is 13.5. The molecule has 0 radical (unpaired) electrons. The van der Waals surface area contributed by atoms with Crippen molar-refractivity contribution in [2.75, 3.05) is 0 Å². The molecule has 2 aromatic carbocycles. The Morgan fingerprint density at radius 1 is 1.00 bits per heavy atom. The van der Waals surface area contributed by atoms with Crippen molar-refractivity contribution in [1.29, 1.82) is 0 Å². The maximum atomic E-state index is 11.0. The van der Waals surface area contributed by atoms with Gasteiger partial charge in [-0.15, -0.1) is 0 Å². The van der Waals surface area contributed by atoms with Gasteiger partial charge in [0, 0.05) is 6.42 Å². The van der Waals surface area contributed by atoms with Crippen LogP contribution >= 0.6 is 0 Å². The third-order valence-electron chi connectivity index (χ3n) is 2.83. The number of hydrogen-bond acceptors (Lipinski definition) is 3. The summed E-state index contributed by atoms with van der Waals surface area (Å²) in [6.07, 6.45) is 0.858. The minimum Gasteiger partial charge on any atom is -0.508 e. The molecule has 0 saturated carbocycles. The van der Waals surface area contributed by atoms with Crippen molar-refractivity contribution < 1.29 is 14.6 Å². The Morgan fingerprint density at radius 3 is 2.32 bits per heavy atom. The van der Waals surface area contributed by atoms with Crippen LogP contribution in [0.1, 0.15) is 11.1 Å². The van der Waals surface area contributed by atoms with E-state index >= 15 is 0 Å². The van der Waals surface area contributed by atoms with Crippen LogP contribution in [0.5, 0.6) is 5.75 Å². The molecule has 0 spiro atoms. The lowest BCUT2D eigenvalue weighted by atomic mass is 10.1. The van der Waals surface area contributed by atoms with E-state index in [4.69, 9.17) is 4.74 Å². The number of carbonyl (C=O) groups is 1. The summed E-state index contributed by atoms with van der Waals surface area (Å²) in [5, 5.41) is 9.20. The summed E-state index contributed by atoms with van der Waals surface area (Å²) in [7, 11) is 0. The van der Waals surface area contributed by atoms with Gasteiger partial charge in [-0.1, -0.05) is 42.5 Å². The highest BCUT2D eigenvalue weighted by atomic mass is 16.5. The fraction of sp³-hybridized carbons (Fsp3) is 0.188. The fourth-order valence-electron chi connectivity index (χ4n) is 1.79. The van der Waals surface area contributed by atoms with Gasteiger partial charge in [0.05, 0.1) is 6.61 Å². The molecule has 19 heavy (non-hydrogen) atoms. The fourth-order valence-corrected chi connectivity index (χ4v) is 1.79. The van der Waals surface area contributed by atoms with E-state index in [1.165, 1.54) is 0 Å². The number of carbonyl (C=O) groups excluding carboxylic acids is 1. The van der Waals surface area contributed by atoms with Crippen LogP contribution < -0.4 is 0 Å². The molecular weight excluding hydrogens is 240 g/mol. The van der Waals surface area contributed by atoms with Crippen LogP contribution in [0, 0.1) is 0 Å².